The maximum atomic E-state index is 13.0. The molecule has 0 amide bonds. The molecule has 2 aliphatic rings. The number of hydrogen-bond acceptors (Lipinski definition) is 6. The van der Waals surface area contributed by atoms with Gasteiger partial charge in [-0.15, -0.1) is 0 Å². The summed E-state index contributed by atoms with van der Waals surface area (Å²) in [6, 6.07) is 21.6. The van der Waals surface area contributed by atoms with E-state index in [-0.39, 0.29) is 23.2 Å². The minimum absolute atomic E-state index is 0.0264. The molecule has 2 aliphatic heterocycles. The van der Waals surface area contributed by atoms with E-state index in [0.29, 0.717) is 25.3 Å². The third-order valence-electron chi connectivity index (χ3n) is 12.3. The van der Waals surface area contributed by atoms with Crippen LogP contribution in [0.4, 0.5) is 5.69 Å². The van der Waals surface area contributed by atoms with Crippen molar-refractivity contribution in [3.8, 4) is 0 Å². The van der Waals surface area contributed by atoms with Crippen molar-refractivity contribution in [1.82, 2.24) is 4.90 Å². The summed E-state index contributed by atoms with van der Waals surface area (Å²) in [4.78, 5) is 2.47. The molecule has 3 aromatic carbocycles. The Balaban J connectivity index is 1.36. The van der Waals surface area contributed by atoms with Crippen molar-refractivity contribution < 1.29 is 25.6 Å². The molecule has 0 N–H and O–H groups in total. The minimum atomic E-state index is -3.54. The van der Waals surface area contributed by atoms with Crippen LogP contribution in [0.1, 0.15) is 117 Å². The number of unbranched alkanes of at least 4 members (excludes halogenated alkanes) is 4. The number of hydrogen-bond donors (Lipinski definition) is 0. The molecule has 3 aromatic rings. The molecule has 0 saturated heterocycles. The van der Waals surface area contributed by atoms with E-state index in [1.807, 2.05) is 6.92 Å². The van der Waals surface area contributed by atoms with Gasteiger partial charge in [0.05, 0.1) is 39.6 Å². The predicted molar refractivity (Wildman–Crippen MR) is 261 cm³/mol. The molecule has 2 heterocycles. The van der Waals surface area contributed by atoms with E-state index in [2.05, 4.69) is 167 Å². The summed E-state index contributed by atoms with van der Waals surface area (Å²) in [7, 11) is -6.08. The molecule has 0 radical (unpaired) electrons. The van der Waals surface area contributed by atoms with E-state index in [1.54, 1.807) is 0 Å². The van der Waals surface area contributed by atoms with E-state index < -0.39 is 19.9 Å². The lowest BCUT2D eigenvalue weighted by Gasteiger charge is -2.30. The standard InChI is InChI=1S/C52H71N2O5S2/c1-10-12-37-58-60(9,55)39-25-23-35-53-47(51(5,6)42(4)49(53)44-29-21-19-27-41(44)3)31-17-15-14-16-18-32-48-52(7,8)46-34-33-43-28-20-22-30-45(43)50(46)54(48)36-24-26-40-61(56,57)59-38-13-11-2/h14-22,27-34H,9-13,23-26,35-40H2,1-8H3/q+1. The zero-order chi connectivity index (χ0) is 44.3. The van der Waals surface area contributed by atoms with Crippen LogP contribution in [0.25, 0.3) is 16.5 Å². The Hall–Kier alpha value is -4.02. The number of rotatable bonds is 23. The summed E-state index contributed by atoms with van der Waals surface area (Å²) in [6.45, 7) is 20.0. The van der Waals surface area contributed by atoms with Crippen LogP contribution in [0.5, 0.6) is 0 Å². The summed E-state index contributed by atoms with van der Waals surface area (Å²) in [5.74, 6) is 4.40. The molecule has 0 fully saturated rings. The molecule has 7 nitrogen and oxygen atoms in total. The summed E-state index contributed by atoms with van der Waals surface area (Å²) >= 11 is 0. The van der Waals surface area contributed by atoms with Gasteiger partial charge in [-0.3, -0.25) is 8.37 Å². The number of allylic oxidation sites excluding steroid dienone is 8. The van der Waals surface area contributed by atoms with Crippen molar-refractivity contribution in [1.29, 1.82) is 0 Å². The Morgan fingerprint density at radius 1 is 0.721 bits per heavy atom. The van der Waals surface area contributed by atoms with Crippen LogP contribution in [-0.2, 0) is 33.7 Å². The molecule has 0 spiro atoms. The first-order valence-corrected chi connectivity index (χ1v) is 25.8. The highest BCUT2D eigenvalue weighted by Crippen LogP contribution is 2.50. The molecular weight excluding hydrogens is 797 g/mol. The molecule has 1 atom stereocenters. The second kappa shape index (κ2) is 21.4. The van der Waals surface area contributed by atoms with Gasteiger partial charge in [0.25, 0.3) is 10.1 Å². The first kappa shape index (κ1) is 48.0. The number of benzene rings is 3. The highest BCUT2D eigenvalue weighted by atomic mass is 32.2. The molecule has 330 valence electrons. The molecule has 0 aliphatic carbocycles. The van der Waals surface area contributed by atoms with Gasteiger partial charge in [0.1, 0.15) is 6.54 Å². The second-order valence-corrected chi connectivity index (χ2v) is 21.5. The van der Waals surface area contributed by atoms with Crippen molar-refractivity contribution in [3.05, 3.63) is 131 Å². The van der Waals surface area contributed by atoms with Gasteiger partial charge in [-0.25, -0.2) is 4.21 Å². The normalized spacial score (nSPS) is 18.2. The third kappa shape index (κ3) is 11.9. The fourth-order valence-electron chi connectivity index (χ4n) is 8.47. The predicted octanol–water partition coefficient (Wildman–Crippen LogP) is 12.0. The summed E-state index contributed by atoms with van der Waals surface area (Å²) in [5.41, 5.74) is 9.55. The lowest BCUT2D eigenvalue weighted by molar-refractivity contribution is -0.436. The van der Waals surface area contributed by atoms with Crippen LogP contribution in [0.2, 0.25) is 0 Å². The van der Waals surface area contributed by atoms with Gasteiger partial charge in [-0.1, -0.05) is 126 Å². The molecule has 1 unspecified atom stereocenters. The van der Waals surface area contributed by atoms with E-state index in [1.165, 1.54) is 55.8 Å². The molecular formula is C52H71N2O5S2+. The summed E-state index contributed by atoms with van der Waals surface area (Å²) in [5, 5.41) is 2.39. The quantitative estimate of drug-likeness (QED) is 0.0311. The van der Waals surface area contributed by atoms with Gasteiger partial charge >= 0.3 is 0 Å². The fraction of sp³-hybridized carbons (Fsp3) is 0.462. The van der Waals surface area contributed by atoms with Crippen LogP contribution in [0.15, 0.2) is 114 Å². The van der Waals surface area contributed by atoms with Gasteiger partial charge < -0.3 is 4.90 Å². The van der Waals surface area contributed by atoms with Gasteiger partial charge in [0, 0.05) is 52.7 Å². The van der Waals surface area contributed by atoms with Crippen molar-refractivity contribution in [2.24, 2.45) is 5.41 Å². The number of aryl methyl sites for hydroxylation is 1. The molecule has 61 heavy (non-hydrogen) atoms. The van der Waals surface area contributed by atoms with Gasteiger partial charge in [-0.2, -0.15) is 13.0 Å². The lowest BCUT2D eigenvalue weighted by Crippen LogP contribution is -2.28. The molecule has 0 bridgehead atoms. The maximum absolute atomic E-state index is 13.0. The molecule has 0 saturated carbocycles. The smallest absolute Gasteiger partial charge is 0.267 e. The third-order valence-corrected chi connectivity index (χ3v) is 15.1. The Bertz CT molecular complexity index is 2410. The average molecular weight is 868 g/mol. The van der Waals surface area contributed by atoms with E-state index >= 15 is 0 Å². The molecule has 9 heteroatoms. The Morgan fingerprint density at radius 3 is 2.11 bits per heavy atom. The van der Waals surface area contributed by atoms with Crippen LogP contribution < -0.4 is 0 Å². The Labute approximate surface area is 369 Å². The molecule has 0 aromatic heterocycles. The Morgan fingerprint density at radius 2 is 1.38 bits per heavy atom. The highest BCUT2D eigenvalue weighted by Gasteiger charge is 2.45. The van der Waals surface area contributed by atoms with Crippen molar-refractivity contribution in [3.63, 3.8) is 0 Å². The zero-order valence-corrected chi connectivity index (χ0v) is 39.8. The second-order valence-electron chi connectivity index (χ2n) is 17.6. The fourth-order valence-corrected chi connectivity index (χ4v) is 10.7. The Kier molecular flexibility index (Phi) is 16.8. The first-order valence-electron chi connectivity index (χ1n) is 22.4. The van der Waals surface area contributed by atoms with Crippen LogP contribution in [-0.4, -0.2) is 71.5 Å². The van der Waals surface area contributed by atoms with Crippen molar-refractivity contribution in [2.45, 2.75) is 112 Å². The summed E-state index contributed by atoms with van der Waals surface area (Å²) in [6.07, 6.45) is 21.4. The highest BCUT2D eigenvalue weighted by molar-refractivity contribution is 7.95. The van der Waals surface area contributed by atoms with E-state index in [9.17, 15) is 12.6 Å². The lowest BCUT2D eigenvalue weighted by atomic mass is 9.80. The topological polar surface area (TPSA) is 75.9 Å². The number of fused-ring (bicyclic) bond motifs is 3. The summed E-state index contributed by atoms with van der Waals surface area (Å²) < 4.78 is 51.4. The van der Waals surface area contributed by atoms with Crippen LogP contribution >= 0.6 is 0 Å². The van der Waals surface area contributed by atoms with Crippen LogP contribution in [0.3, 0.4) is 0 Å². The van der Waals surface area contributed by atoms with Crippen LogP contribution in [0, 0.1) is 12.3 Å². The SMILES string of the molecule is C=S(=O)(CCCCN1C(c2ccccc2C)=C(C)C(C)(C)\C1=C/C=C/C=C/C=C/C1=[N+](CCCCS(=O)(=O)OCCCC)c2c(ccc3ccccc23)C1(C)C)OCCCC. The zero-order valence-electron chi connectivity index (χ0n) is 38.2. The van der Waals surface area contributed by atoms with Gasteiger partial charge in [0.15, 0.2) is 5.71 Å². The van der Waals surface area contributed by atoms with E-state index in [4.69, 9.17) is 8.37 Å². The first-order chi connectivity index (χ1) is 29.1. The van der Waals surface area contributed by atoms with E-state index in [0.717, 1.165) is 51.5 Å². The average Bonchev–Trinajstić information content (AvgIpc) is 3.55. The minimum Gasteiger partial charge on any atom is -0.344 e. The maximum Gasteiger partial charge on any atom is 0.267 e. The van der Waals surface area contributed by atoms with Crippen molar-refractivity contribution >= 4 is 53.7 Å². The molecule has 5 rings (SSSR count). The number of nitrogens with zero attached hydrogens (tertiary/aromatic N) is 2. The monoisotopic (exact) mass is 867 g/mol. The largest absolute Gasteiger partial charge is 0.344 e. The van der Waals surface area contributed by atoms with Gasteiger partial charge in [0.2, 0.25) is 5.69 Å². The van der Waals surface area contributed by atoms with Crippen molar-refractivity contribution in [2.75, 3.05) is 37.8 Å². The van der Waals surface area contributed by atoms with Gasteiger partial charge in [-0.05, 0) is 94.3 Å².